The summed E-state index contributed by atoms with van der Waals surface area (Å²) in [6, 6.07) is 27.3. The van der Waals surface area contributed by atoms with E-state index in [4.69, 9.17) is 0 Å². The molecule has 0 saturated carbocycles. The fourth-order valence-corrected chi connectivity index (χ4v) is 15.8. The number of hydrogen-bond acceptors (Lipinski definition) is 1. The van der Waals surface area contributed by atoms with Crippen molar-refractivity contribution in [3.05, 3.63) is 117 Å². The van der Waals surface area contributed by atoms with Gasteiger partial charge in [0.15, 0.2) is 0 Å². The first-order valence-corrected chi connectivity index (χ1v) is 16.2. The molecule has 5 rings (SSSR count). The van der Waals surface area contributed by atoms with Crippen molar-refractivity contribution in [1.82, 2.24) is 0 Å². The molecule has 2 aliphatic rings. The van der Waals surface area contributed by atoms with Crippen LogP contribution in [0.3, 0.4) is 0 Å². The SMILES string of the molecule is [CH3][Zr+2]([C](=O)c1ccccc1)([C]1=CC=CC1)[CH]1c2ccccc2-c2ccccc21.[Cl-].[Cl-]. The first-order chi connectivity index (χ1) is 13.7. The maximum absolute atomic E-state index is 14.1. The van der Waals surface area contributed by atoms with Crippen molar-refractivity contribution in [1.29, 1.82) is 0 Å². The van der Waals surface area contributed by atoms with Crippen molar-refractivity contribution in [2.45, 2.75) is 14.7 Å². The topological polar surface area (TPSA) is 17.1 Å². The summed E-state index contributed by atoms with van der Waals surface area (Å²) < 4.78 is 4.38. The summed E-state index contributed by atoms with van der Waals surface area (Å²) in [4.78, 5) is 14.1. The number of hydrogen-bond donors (Lipinski definition) is 0. The molecule has 150 valence electrons. The van der Waals surface area contributed by atoms with E-state index in [9.17, 15) is 4.79 Å². The van der Waals surface area contributed by atoms with Crippen LogP contribution in [0.15, 0.2) is 100 Å². The number of allylic oxidation sites excluding steroid dienone is 4. The minimum atomic E-state index is -3.56. The molecular weight excluding hydrogens is 490 g/mol. The van der Waals surface area contributed by atoms with E-state index >= 15 is 0 Å². The molecule has 0 heterocycles. The summed E-state index contributed by atoms with van der Waals surface area (Å²) in [6.07, 6.45) is 7.50. The van der Waals surface area contributed by atoms with Crippen molar-refractivity contribution in [2.24, 2.45) is 0 Å². The minimum absolute atomic E-state index is 0. The van der Waals surface area contributed by atoms with E-state index in [2.05, 4.69) is 71.4 Å². The van der Waals surface area contributed by atoms with Crippen LogP contribution in [0, 0.1) is 0 Å². The van der Waals surface area contributed by atoms with Crippen LogP contribution in [0.4, 0.5) is 0 Å². The van der Waals surface area contributed by atoms with Crippen LogP contribution in [0.5, 0.6) is 0 Å². The molecule has 0 spiro atoms. The second-order valence-corrected chi connectivity index (χ2v) is 17.9. The molecule has 0 amide bonds. The molecule has 0 bridgehead atoms. The van der Waals surface area contributed by atoms with Crippen LogP contribution in [0.25, 0.3) is 11.1 Å². The van der Waals surface area contributed by atoms with Gasteiger partial charge < -0.3 is 24.8 Å². The second kappa shape index (κ2) is 9.18. The van der Waals surface area contributed by atoms with Crippen molar-refractivity contribution in [2.75, 3.05) is 0 Å². The van der Waals surface area contributed by atoms with Crippen LogP contribution >= 0.6 is 0 Å². The van der Waals surface area contributed by atoms with Crippen molar-refractivity contribution in [3.8, 4) is 11.1 Å². The van der Waals surface area contributed by atoms with Gasteiger partial charge in [-0.1, -0.05) is 0 Å². The van der Waals surface area contributed by atoms with Gasteiger partial charge in [0.1, 0.15) is 0 Å². The van der Waals surface area contributed by atoms with E-state index < -0.39 is 20.3 Å². The van der Waals surface area contributed by atoms with E-state index in [-0.39, 0.29) is 28.4 Å². The van der Waals surface area contributed by atoms with Crippen molar-refractivity contribution in [3.63, 3.8) is 0 Å². The summed E-state index contributed by atoms with van der Waals surface area (Å²) in [7, 11) is 0. The van der Waals surface area contributed by atoms with Gasteiger partial charge in [0.2, 0.25) is 0 Å². The Hall–Kier alpha value is -1.73. The third-order valence-corrected chi connectivity index (χ3v) is 17.9. The number of halogens is 2. The Bertz CT molecular complexity index is 1090. The molecule has 2 aliphatic carbocycles. The summed E-state index contributed by atoms with van der Waals surface area (Å²) in [5.74, 6) is 0. The first-order valence-electron chi connectivity index (χ1n) is 9.85. The largest absolute Gasteiger partial charge is 1.00 e. The molecule has 1 unspecified atom stereocenters. The van der Waals surface area contributed by atoms with Crippen molar-refractivity contribution < 1.29 is 49.9 Å². The van der Waals surface area contributed by atoms with E-state index in [0.717, 1.165) is 12.0 Å². The maximum Gasteiger partial charge on any atom is -1.00 e. The Kier molecular flexibility index (Phi) is 7.03. The van der Waals surface area contributed by atoms with Gasteiger partial charge in [-0.05, 0) is 0 Å². The van der Waals surface area contributed by atoms with Crippen LogP contribution in [0.2, 0.25) is 4.63 Å². The predicted molar refractivity (Wildman–Crippen MR) is 112 cm³/mol. The molecular formula is C26H22Cl2OZr. The zero-order chi connectivity index (χ0) is 19.1. The zero-order valence-electron chi connectivity index (χ0n) is 16.7. The number of benzene rings is 3. The minimum Gasteiger partial charge on any atom is -1.00 e. The molecule has 0 radical (unpaired) electrons. The molecule has 4 heteroatoms. The van der Waals surface area contributed by atoms with Crippen LogP contribution in [-0.2, 0) is 20.3 Å². The molecule has 3 aromatic carbocycles. The van der Waals surface area contributed by atoms with Gasteiger partial charge in [0.05, 0.1) is 0 Å². The molecule has 0 N–H and O–H groups in total. The average molecular weight is 513 g/mol. The molecule has 1 atom stereocenters. The molecule has 0 aromatic heterocycles. The Balaban J connectivity index is 0.00000128. The predicted octanol–water partition coefficient (Wildman–Crippen LogP) is 0.651. The van der Waals surface area contributed by atoms with Gasteiger partial charge in [-0.2, -0.15) is 0 Å². The summed E-state index contributed by atoms with van der Waals surface area (Å²) >= 11 is -3.56. The zero-order valence-corrected chi connectivity index (χ0v) is 20.7. The maximum atomic E-state index is 14.1. The third-order valence-electron chi connectivity index (χ3n) is 6.36. The molecule has 0 aliphatic heterocycles. The second-order valence-electron chi connectivity index (χ2n) is 7.83. The Labute approximate surface area is 195 Å². The van der Waals surface area contributed by atoms with Crippen LogP contribution < -0.4 is 24.8 Å². The Morgan fingerprint density at radius 1 is 0.800 bits per heavy atom. The summed E-state index contributed by atoms with van der Waals surface area (Å²) in [6.45, 7) is 0. The third kappa shape index (κ3) is 3.50. The van der Waals surface area contributed by atoms with Gasteiger partial charge in [-0.25, -0.2) is 0 Å². The monoisotopic (exact) mass is 510 g/mol. The Morgan fingerprint density at radius 3 is 1.87 bits per heavy atom. The fraction of sp³-hybridized carbons (Fsp3) is 0.115. The Morgan fingerprint density at radius 2 is 1.33 bits per heavy atom. The smallest absolute Gasteiger partial charge is 1.00 e. The summed E-state index contributed by atoms with van der Waals surface area (Å²) in [5, 5.41) is 0. The van der Waals surface area contributed by atoms with E-state index in [1.54, 1.807) is 0 Å². The van der Waals surface area contributed by atoms with E-state index in [0.29, 0.717) is 3.49 Å². The first kappa shape index (κ1) is 22.9. The number of carbonyl (C=O) groups excluding carboxylic acids is 1. The molecule has 30 heavy (non-hydrogen) atoms. The van der Waals surface area contributed by atoms with E-state index in [1.807, 2.05) is 30.3 Å². The van der Waals surface area contributed by atoms with Crippen molar-refractivity contribution >= 4 is 3.49 Å². The average Bonchev–Trinajstić information content (AvgIpc) is 3.40. The van der Waals surface area contributed by atoms with Gasteiger partial charge in [0.25, 0.3) is 0 Å². The molecule has 0 fully saturated rings. The summed E-state index contributed by atoms with van der Waals surface area (Å²) in [5.41, 5.74) is 6.17. The van der Waals surface area contributed by atoms with Gasteiger partial charge in [-0.3, -0.25) is 0 Å². The molecule has 1 nitrogen and oxygen atoms in total. The van der Waals surface area contributed by atoms with Crippen LogP contribution in [-0.4, -0.2) is 3.49 Å². The molecule has 0 saturated heterocycles. The van der Waals surface area contributed by atoms with Gasteiger partial charge >= 0.3 is 171 Å². The number of carbonyl (C=O) groups is 1. The van der Waals surface area contributed by atoms with Crippen LogP contribution in [0.1, 0.15) is 31.5 Å². The van der Waals surface area contributed by atoms with Gasteiger partial charge in [0, 0.05) is 0 Å². The van der Waals surface area contributed by atoms with E-state index in [1.165, 1.54) is 25.5 Å². The fourth-order valence-electron chi connectivity index (χ4n) is 4.96. The number of rotatable bonds is 4. The normalized spacial score (nSPS) is 14.8. The molecule has 3 aromatic rings. The number of fused-ring (bicyclic) bond motifs is 3. The standard InChI is InChI=1S/C13H9.C7H5O.C5H5.CH3.2ClH.Zr/c1-3-7-12-10(5-1)9-11-6-2-4-8-13(11)12;8-6-7-4-2-1-3-5-7;1-2-4-5-3-1;;;;/h1-9H;1-5H;1-3H,4H2;1H3;2*1H;/q;;;;;;+2/p-2. The quantitative estimate of drug-likeness (QED) is 0.502. The van der Waals surface area contributed by atoms with Gasteiger partial charge in [-0.15, -0.1) is 0 Å².